The van der Waals surface area contributed by atoms with Crippen LogP contribution < -0.4 is 10.6 Å². The lowest BCUT2D eigenvalue weighted by atomic mass is 9.78. The van der Waals surface area contributed by atoms with E-state index in [1.165, 1.54) is 0 Å². The first-order valence-electron chi connectivity index (χ1n) is 8.66. The minimum absolute atomic E-state index is 0. The summed E-state index contributed by atoms with van der Waals surface area (Å²) in [6.45, 7) is 4.15. The minimum atomic E-state index is -0.437. The maximum Gasteiger partial charge on any atom is 0.229 e. The summed E-state index contributed by atoms with van der Waals surface area (Å²) in [5, 5.41) is 9.44. The average molecular weight is 396 g/mol. The van der Waals surface area contributed by atoms with Crippen molar-refractivity contribution in [2.75, 3.05) is 26.8 Å². The first-order chi connectivity index (χ1) is 12.1. The molecule has 3 rings (SSSR count). The van der Waals surface area contributed by atoms with Gasteiger partial charge in [0, 0.05) is 18.1 Å². The third kappa shape index (κ3) is 4.62. The number of rotatable bonds is 6. The van der Waals surface area contributed by atoms with Crippen LogP contribution in [0.5, 0.6) is 0 Å². The molecule has 1 aromatic heterocycles. The molecular weight excluding hydrogens is 370 g/mol. The molecule has 1 amide bonds. The number of hydrogen-bond acceptors (Lipinski definition) is 5. The van der Waals surface area contributed by atoms with Crippen molar-refractivity contribution in [3.8, 4) is 11.3 Å². The zero-order valence-corrected chi connectivity index (χ0v) is 16.8. The molecular formula is C19H26ClN3O2S. The Morgan fingerprint density at radius 3 is 2.69 bits per heavy atom. The second kappa shape index (κ2) is 9.46. The monoisotopic (exact) mass is 395 g/mol. The highest BCUT2D eigenvalue weighted by atomic mass is 35.5. The summed E-state index contributed by atoms with van der Waals surface area (Å²) in [6, 6.07) is 9.98. The van der Waals surface area contributed by atoms with Crippen LogP contribution in [0.2, 0.25) is 0 Å². The van der Waals surface area contributed by atoms with Gasteiger partial charge in [-0.15, -0.1) is 23.7 Å². The highest BCUT2D eigenvalue weighted by Crippen LogP contribution is 2.31. The van der Waals surface area contributed by atoms with Crippen LogP contribution in [0.1, 0.15) is 30.8 Å². The number of piperidine rings is 1. The lowest BCUT2D eigenvalue weighted by Crippen LogP contribution is -2.50. The zero-order chi connectivity index (χ0) is 17.7. The van der Waals surface area contributed by atoms with Crippen LogP contribution in [0.15, 0.2) is 35.7 Å². The Balaban J connectivity index is 0.00000243. The Hall–Kier alpha value is -1.47. The number of hydrogen-bond donors (Lipinski definition) is 2. The SMILES string of the molecule is COCC1(C(=O)NC(C)c2nc(-c3ccccc3)cs2)CCNCC1.Cl. The minimum Gasteiger partial charge on any atom is -0.384 e. The molecule has 142 valence electrons. The van der Waals surface area contributed by atoms with Crippen molar-refractivity contribution in [2.45, 2.75) is 25.8 Å². The maximum atomic E-state index is 12.9. The predicted octanol–water partition coefficient (Wildman–Crippen LogP) is 3.43. The van der Waals surface area contributed by atoms with Crippen LogP contribution in [0, 0.1) is 5.41 Å². The highest BCUT2D eigenvalue weighted by Gasteiger charge is 2.40. The van der Waals surface area contributed by atoms with E-state index < -0.39 is 5.41 Å². The summed E-state index contributed by atoms with van der Waals surface area (Å²) >= 11 is 1.58. The van der Waals surface area contributed by atoms with Gasteiger partial charge in [-0.3, -0.25) is 4.79 Å². The second-order valence-corrected chi connectivity index (χ2v) is 7.49. The van der Waals surface area contributed by atoms with Gasteiger partial charge in [-0.25, -0.2) is 4.98 Å². The van der Waals surface area contributed by atoms with Gasteiger partial charge in [0.1, 0.15) is 5.01 Å². The van der Waals surface area contributed by atoms with Crippen LogP contribution >= 0.6 is 23.7 Å². The van der Waals surface area contributed by atoms with Crippen molar-refractivity contribution < 1.29 is 9.53 Å². The number of benzene rings is 1. The van der Waals surface area contributed by atoms with Crippen LogP contribution in [-0.2, 0) is 9.53 Å². The second-order valence-electron chi connectivity index (χ2n) is 6.60. The Labute approximate surface area is 165 Å². The fourth-order valence-corrected chi connectivity index (χ4v) is 4.09. The van der Waals surface area contributed by atoms with E-state index in [4.69, 9.17) is 9.72 Å². The number of aromatic nitrogens is 1. The van der Waals surface area contributed by atoms with E-state index in [1.807, 2.05) is 42.6 Å². The number of halogens is 1. The fraction of sp³-hybridized carbons (Fsp3) is 0.474. The van der Waals surface area contributed by atoms with Crippen molar-refractivity contribution in [3.05, 3.63) is 40.7 Å². The molecule has 0 aliphatic carbocycles. The van der Waals surface area contributed by atoms with Gasteiger partial charge < -0.3 is 15.4 Å². The normalized spacial score (nSPS) is 17.2. The van der Waals surface area contributed by atoms with E-state index in [2.05, 4.69) is 10.6 Å². The van der Waals surface area contributed by atoms with Crippen molar-refractivity contribution in [1.29, 1.82) is 0 Å². The van der Waals surface area contributed by atoms with Gasteiger partial charge >= 0.3 is 0 Å². The Morgan fingerprint density at radius 1 is 1.35 bits per heavy atom. The number of amides is 1. The summed E-state index contributed by atoms with van der Waals surface area (Å²) in [6.07, 6.45) is 1.60. The van der Waals surface area contributed by atoms with Crippen LogP contribution in [-0.4, -0.2) is 37.7 Å². The third-order valence-corrected chi connectivity index (χ3v) is 5.80. The number of thiazole rings is 1. The van der Waals surface area contributed by atoms with Crippen LogP contribution in [0.4, 0.5) is 0 Å². The molecule has 1 saturated heterocycles. The van der Waals surface area contributed by atoms with E-state index in [0.29, 0.717) is 6.61 Å². The van der Waals surface area contributed by atoms with Crippen molar-refractivity contribution >= 4 is 29.7 Å². The van der Waals surface area contributed by atoms with Crippen molar-refractivity contribution in [1.82, 2.24) is 15.6 Å². The molecule has 0 radical (unpaired) electrons. The van der Waals surface area contributed by atoms with Gasteiger partial charge in [0.2, 0.25) is 5.91 Å². The van der Waals surface area contributed by atoms with E-state index >= 15 is 0 Å². The van der Waals surface area contributed by atoms with E-state index in [1.54, 1.807) is 18.4 Å². The number of carbonyl (C=O) groups is 1. The van der Waals surface area contributed by atoms with Crippen molar-refractivity contribution in [2.24, 2.45) is 5.41 Å². The number of methoxy groups -OCH3 is 1. The number of carbonyl (C=O) groups excluding carboxylic acids is 1. The zero-order valence-electron chi connectivity index (χ0n) is 15.2. The summed E-state index contributed by atoms with van der Waals surface area (Å²) in [4.78, 5) is 17.6. The largest absolute Gasteiger partial charge is 0.384 e. The number of ether oxygens (including phenoxy) is 1. The molecule has 5 nitrogen and oxygen atoms in total. The lowest BCUT2D eigenvalue weighted by Gasteiger charge is -2.36. The Morgan fingerprint density at radius 2 is 2.04 bits per heavy atom. The molecule has 1 unspecified atom stereocenters. The molecule has 1 aliphatic rings. The summed E-state index contributed by atoms with van der Waals surface area (Å²) in [5.41, 5.74) is 1.61. The van der Waals surface area contributed by atoms with Crippen LogP contribution in [0.25, 0.3) is 11.3 Å². The highest BCUT2D eigenvalue weighted by molar-refractivity contribution is 7.10. The molecule has 7 heteroatoms. The molecule has 0 saturated carbocycles. The van der Waals surface area contributed by atoms with E-state index in [9.17, 15) is 4.79 Å². The van der Waals surface area contributed by atoms with Gasteiger partial charge in [-0.2, -0.15) is 0 Å². The van der Waals surface area contributed by atoms with Gasteiger partial charge in [-0.1, -0.05) is 30.3 Å². The quantitative estimate of drug-likeness (QED) is 0.786. The van der Waals surface area contributed by atoms with Gasteiger partial charge in [-0.05, 0) is 32.9 Å². The first-order valence-corrected chi connectivity index (χ1v) is 9.54. The molecule has 0 spiro atoms. The molecule has 1 aromatic carbocycles. The molecule has 2 heterocycles. The third-order valence-electron chi connectivity index (χ3n) is 4.77. The average Bonchev–Trinajstić information content (AvgIpc) is 3.14. The topological polar surface area (TPSA) is 63.2 Å². The molecule has 1 fully saturated rings. The molecule has 1 atom stereocenters. The first kappa shape index (κ1) is 20.8. The van der Waals surface area contributed by atoms with E-state index in [-0.39, 0.29) is 24.4 Å². The van der Waals surface area contributed by atoms with Gasteiger partial charge in [0.05, 0.1) is 23.8 Å². The van der Waals surface area contributed by atoms with Crippen LogP contribution in [0.3, 0.4) is 0 Å². The number of nitrogens with one attached hydrogen (secondary N) is 2. The van der Waals surface area contributed by atoms with Crippen molar-refractivity contribution in [3.63, 3.8) is 0 Å². The maximum absolute atomic E-state index is 12.9. The standard InChI is InChI=1S/C19H25N3O2S.ClH/c1-14(17-22-16(12-25-17)15-6-4-3-5-7-15)21-18(23)19(13-24-2)8-10-20-11-9-19;/h3-7,12,14,20H,8-11,13H2,1-2H3,(H,21,23);1H. The van der Waals surface area contributed by atoms with Gasteiger partial charge in [0.15, 0.2) is 0 Å². The lowest BCUT2D eigenvalue weighted by molar-refractivity contribution is -0.136. The molecule has 1 aliphatic heterocycles. The smallest absolute Gasteiger partial charge is 0.229 e. The Bertz CT molecular complexity index is 696. The molecule has 2 aromatic rings. The molecule has 2 N–H and O–H groups in total. The Kier molecular flexibility index (Phi) is 7.58. The van der Waals surface area contributed by atoms with E-state index in [0.717, 1.165) is 42.2 Å². The number of nitrogens with zero attached hydrogens (tertiary/aromatic N) is 1. The molecule has 26 heavy (non-hydrogen) atoms. The summed E-state index contributed by atoms with van der Waals surface area (Å²) in [5.74, 6) is 0.0693. The predicted molar refractivity (Wildman–Crippen MR) is 108 cm³/mol. The fourth-order valence-electron chi connectivity index (χ4n) is 3.26. The summed E-state index contributed by atoms with van der Waals surface area (Å²) in [7, 11) is 1.66. The van der Waals surface area contributed by atoms with Gasteiger partial charge in [0.25, 0.3) is 0 Å². The molecule has 0 bridgehead atoms. The summed E-state index contributed by atoms with van der Waals surface area (Å²) < 4.78 is 5.35.